The molecule has 0 unspecified atom stereocenters. The molecule has 13 heavy (non-hydrogen) atoms. The number of nitrogens with zero attached hydrogens (tertiary/aromatic N) is 1. The van der Waals surface area contributed by atoms with Gasteiger partial charge in [-0.05, 0) is 12.1 Å². The minimum absolute atomic E-state index is 0.0277. The average Bonchev–Trinajstić information content (AvgIpc) is 2.03. The van der Waals surface area contributed by atoms with Gasteiger partial charge >= 0.3 is 5.97 Å². The van der Waals surface area contributed by atoms with E-state index in [4.69, 9.17) is 10.4 Å². The van der Waals surface area contributed by atoms with Gasteiger partial charge in [0, 0.05) is 4.90 Å². The van der Waals surface area contributed by atoms with Crippen LogP contribution in [0.25, 0.3) is 0 Å². The summed E-state index contributed by atoms with van der Waals surface area (Å²) in [6.07, 6.45) is 0. The van der Waals surface area contributed by atoms with Crippen LogP contribution in [0.2, 0.25) is 0 Å². The van der Waals surface area contributed by atoms with Gasteiger partial charge < -0.3 is 5.11 Å². The molecule has 0 aliphatic carbocycles. The number of nitriles is 1. The number of hydrogen-bond acceptors (Lipinski definition) is 3. The zero-order valence-corrected chi connectivity index (χ0v) is 7.18. The Morgan fingerprint density at radius 3 is 2.62 bits per heavy atom. The Labute approximate surface area is 78.8 Å². The molecule has 0 amide bonds. The van der Waals surface area contributed by atoms with Crippen LogP contribution < -0.4 is 0 Å². The molecule has 0 saturated heterocycles. The molecule has 66 valence electrons. The standard InChI is InChI=1S/C8H4FNO2S/c9-6-1-4(8(11)12)2-7(13)5(6)3-10/h1-2,13H,(H,11,12). The van der Waals surface area contributed by atoms with Gasteiger partial charge in [0.05, 0.1) is 5.56 Å². The van der Waals surface area contributed by atoms with Crippen LogP contribution in [-0.2, 0) is 0 Å². The molecule has 0 aliphatic heterocycles. The van der Waals surface area contributed by atoms with Gasteiger partial charge in [-0.1, -0.05) is 0 Å². The molecule has 0 saturated carbocycles. The van der Waals surface area contributed by atoms with Crippen LogP contribution in [0.15, 0.2) is 17.0 Å². The van der Waals surface area contributed by atoms with Crippen molar-refractivity contribution in [3.63, 3.8) is 0 Å². The minimum atomic E-state index is -1.25. The van der Waals surface area contributed by atoms with Crippen molar-refractivity contribution in [2.45, 2.75) is 4.90 Å². The van der Waals surface area contributed by atoms with Crippen LogP contribution in [0.4, 0.5) is 4.39 Å². The highest BCUT2D eigenvalue weighted by Crippen LogP contribution is 2.18. The number of benzene rings is 1. The summed E-state index contributed by atoms with van der Waals surface area (Å²) in [6.45, 7) is 0. The molecule has 0 bridgehead atoms. The number of halogens is 1. The van der Waals surface area contributed by atoms with Crippen molar-refractivity contribution >= 4 is 18.6 Å². The molecule has 1 rings (SSSR count). The van der Waals surface area contributed by atoms with E-state index in [1.807, 2.05) is 0 Å². The van der Waals surface area contributed by atoms with Gasteiger partial charge in [0.2, 0.25) is 0 Å². The summed E-state index contributed by atoms with van der Waals surface area (Å²) >= 11 is 3.79. The van der Waals surface area contributed by atoms with Gasteiger partial charge in [-0.15, -0.1) is 12.6 Å². The van der Waals surface area contributed by atoms with Crippen LogP contribution in [0, 0.1) is 17.1 Å². The van der Waals surface area contributed by atoms with Crippen molar-refractivity contribution in [3.05, 3.63) is 29.1 Å². The van der Waals surface area contributed by atoms with Gasteiger partial charge in [-0.2, -0.15) is 5.26 Å². The third-order valence-corrected chi connectivity index (χ3v) is 1.78. The van der Waals surface area contributed by atoms with E-state index in [0.29, 0.717) is 0 Å². The van der Waals surface area contributed by atoms with Crippen molar-refractivity contribution in [2.75, 3.05) is 0 Å². The zero-order valence-electron chi connectivity index (χ0n) is 6.28. The molecule has 3 nitrogen and oxygen atoms in total. The third kappa shape index (κ3) is 1.79. The molecular formula is C8H4FNO2S. The van der Waals surface area contributed by atoms with Crippen molar-refractivity contribution in [2.24, 2.45) is 0 Å². The maximum absolute atomic E-state index is 12.9. The Morgan fingerprint density at radius 1 is 1.62 bits per heavy atom. The molecule has 5 heteroatoms. The van der Waals surface area contributed by atoms with E-state index >= 15 is 0 Å². The first-order chi connectivity index (χ1) is 6.06. The number of carboxylic acids is 1. The van der Waals surface area contributed by atoms with Gasteiger partial charge in [-0.3, -0.25) is 0 Å². The molecule has 1 aromatic rings. The Morgan fingerprint density at radius 2 is 2.23 bits per heavy atom. The second-order valence-corrected chi connectivity index (χ2v) is 2.75. The van der Waals surface area contributed by atoms with Crippen LogP contribution in [-0.4, -0.2) is 11.1 Å². The molecular weight excluding hydrogens is 193 g/mol. The topological polar surface area (TPSA) is 61.1 Å². The molecule has 0 heterocycles. The summed E-state index contributed by atoms with van der Waals surface area (Å²) < 4.78 is 12.9. The predicted molar refractivity (Wildman–Crippen MR) is 45.3 cm³/mol. The Bertz CT molecular complexity index is 388. The van der Waals surface area contributed by atoms with Gasteiger partial charge in [0.1, 0.15) is 17.4 Å². The number of rotatable bonds is 1. The normalized spacial score (nSPS) is 9.31. The van der Waals surface area contributed by atoms with Gasteiger partial charge in [0.15, 0.2) is 0 Å². The molecule has 0 spiro atoms. The average molecular weight is 197 g/mol. The maximum Gasteiger partial charge on any atom is 0.335 e. The number of hydrogen-bond donors (Lipinski definition) is 2. The summed E-state index contributed by atoms with van der Waals surface area (Å²) in [5.74, 6) is -2.12. The summed E-state index contributed by atoms with van der Waals surface area (Å²) in [4.78, 5) is 10.4. The van der Waals surface area contributed by atoms with Crippen LogP contribution in [0.5, 0.6) is 0 Å². The molecule has 0 fully saturated rings. The minimum Gasteiger partial charge on any atom is -0.478 e. The quantitative estimate of drug-likeness (QED) is 0.673. The maximum atomic E-state index is 12.9. The fraction of sp³-hybridized carbons (Fsp3) is 0. The number of thiol groups is 1. The molecule has 1 N–H and O–H groups in total. The lowest BCUT2D eigenvalue weighted by atomic mass is 10.1. The van der Waals surface area contributed by atoms with Crippen LogP contribution >= 0.6 is 12.6 Å². The Balaban J connectivity index is 3.39. The van der Waals surface area contributed by atoms with Crippen molar-refractivity contribution in [1.29, 1.82) is 5.26 Å². The fourth-order valence-electron chi connectivity index (χ4n) is 0.826. The highest BCUT2D eigenvalue weighted by atomic mass is 32.1. The third-order valence-electron chi connectivity index (χ3n) is 1.43. The van der Waals surface area contributed by atoms with E-state index in [1.54, 1.807) is 6.07 Å². The van der Waals surface area contributed by atoms with E-state index in [2.05, 4.69) is 12.6 Å². The first-order valence-electron chi connectivity index (χ1n) is 3.22. The van der Waals surface area contributed by atoms with Crippen molar-refractivity contribution < 1.29 is 14.3 Å². The highest BCUT2D eigenvalue weighted by Gasteiger charge is 2.11. The lowest BCUT2D eigenvalue weighted by Crippen LogP contribution is -1.99. The largest absolute Gasteiger partial charge is 0.478 e. The number of aromatic carboxylic acids is 1. The predicted octanol–water partition coefficient (Wildman–Crippen LogP) is 1.68. The van der Waals surface area contributed by atoms with Gasteiger partial charge in [0.25, 0.3) is 0 Å². The van der Waals surface area contributed by atoms with Crippen LogP contribution in [0.1, 0.15) is 15.9 Å². The first-order valence-corrected chi connectivity index (χ1v) is 3.67. The highest BCUT2D eigenvalue weighted by molar-refractivity contribution is 7.80. The second kappa shape index (κ2) is 3.46. The van der Waals surface area contributed by atoms with Gasteiger partial charge in [-0.25, -0.2) is 9.18 Å². The molecule has 1 aromatic carbocycles. The summed E-state index contributed by atoms with van der Waals surface area (Å²) in [6, 6.07) is 3.51. The summed E-state index contributed by atoms with van der Waals surface area (Å²) in [5, 5.41) is 17.0. The molecule has 0 atom stereocenters. The Hall–Kier alpha value is -1.54. The zero-order chi connectivity index (χ0) is 10.0. The molecule has 0 aliphatic rings. The van der Waals surface area contributed by atoms with Crippen molar-refractivity contribution in [3.8, 4) is 6.07 Å². The smallest absolute Gasteiger partial charge is 0.335 e. The van der Waals surface area contributed by atoms with E-state index < -0.39 is 11.8 Å². The van der Waals surface area contributed by atoms with Crippen LogP contribution in [0.3, 0.4) is 0 Å². The SMILES string of the molecule is N#Cc1c(F)cc(C(=O)O)cc1S. The lowest BCUT2D eigenvalue weighted by Gasteiger charge is -1.99. The lowest BCUT2D eigenvalue weighted by molar-refractivity contribution is 0.0696. The van der Waals surface area contributed by atoms with E-state index in [0.717, 1.165) is 12.1 Å². The van der Waals surface area contributed by atoms with Crippen molar-refractivity contribution in [1.82, 2.24) is 0 Å². The summed E-state index contributed by atoms with van der Waals surface area (Å²) in [5.41, 5.74) is -0.463. The van der Waals surface area contributed by atoms with E-state index in [9.17, 15) is 9.18 Å². The Kier molecular flexibility index (Phi) is 2.54. The monoisotopic (exact) mass is 197 g/mol. The fourth-order valence-corrected chi connectivity index (χ4v) is 1.12. The molecule has 0 aromatic heterocycles. The summed E-state index contributed by atoms with van der Waals surface area (Å²) in [7, 11) is 0. The number of carbonyl (C=O) groups is 1. The molecule has 0 radical (unpaired) electrons. The number of carboxylic acid groups (broad SMARTS) is 1. The van der Waals surface area contributed by atoms with E-state index in [-0.39, 0.29) is 16.0 Å². The van der Waals surface area contributed by atoms with E-state index in [1.165, 1.54) is 0 Å². The second-order valence-electron chi connectivity index (χ2n) is 2.27. The first kappa shape index (κ1) is 9.55.